The molecule has 0 bridgehead atoms. The molecule has 1 unspecified atom stereocenters. The fraction of sp³-hybridized carbons (Fsp3) is 0.202. The van der Waals surface area contributed by atoms with Gasteiger partial charge < -0.3 is 48.1 Å². The van der Waals surface area contributed by atoms with E-state index >= 15 is 0 Å². The van der Waals surface area contributed by atoms with Crippen LogP contribution in [0, 0.1) is 27.7 Å². The third kappa shape index (κ3) is 17.7. The van der Waals surface area contributed by atoms with Crippen LogP contribution in [-0.2, 0) is 11.2 Å². The Kier molecular flexibility index (Phi) is 23.0. The average molecular weight is 1530 g/mol. The predicted octanol–water partition coefficient (Wildman–Crippen LogP) is 22.9. The van der Waals surface area contributed by atoms with Crippen molar-refractivity contribution in [3.05, 3.63) is 265 Å². The van der Waals surface area contributed by atoms with Gasteiger partial charge in [0, 0.05) is 44.6 Å². The lowest BCUT2D eigenvalue weighted by Crippen LogP contribution is -2.44. The van der Waals surface area contributed by atoms with Crippen LogP contribution in [0.25, 0.3) is 65.4 Å². The molecule has 1 atom stereocenters. The highest BCUT2D eigenvalue weighted by atomic mass is 79.9. The number of hydrogen-bond acceptors (Lipinski definition) is 16. The van der Waals surface area contributed by atoms with E-state index in [1.165, 1.54) is 60.9 Å². The van der Waals surface area contributed by atoms with E-state index in [0.29, 0.717) is 39.5 Å². The molecule has 5 heterocycles. The van der Waals surface area contributed by atoms with Crippen LogP contribution in [0.4, 0.5) is 11.4 Å². The molecule has 15 rings (SSSR count). The Hall–Kier alpha value is -10.2. The number of carbonyl (C=O) groups is 1. The van der Waals surface area contributed by atoms with Crippen LogP contribution in [0.2, 0.25) is 23.2 Å². The molecule has 4 N–H and O–H groups in total. The van der Waals surface area contributed by atoms with Gasteiger partial charge in [0.25, 0.3) is 8.32 Å². The van der Waals surface area contributed by atoms with Crippen LogP contribution in [0.3, 0.4) is 0 Å². The summed E-state index contributed by atoms with van der Waals surface area (Å²) in [6.45, 7) is 22.3. The number of carboxylic acids is 1. The van der Waals surface area contributed by atoms with Crippen LogP contribution in [-0.4, -0.2) is 65.1 Å². The van der Waals surface area contributed by atoms with E-state index in [9.17, 15) is 24.9 Å². The summed E-state index contributed by atoms with van der Waals surface area (Å²) in [6.07, 6.45) is 0.779. The van der Waals surface area contributed by atoms with Gasteiger partial charge in [0.15, 0.2) is 34.0 Å². The first-order chi connectivity index (χ1) is 49.5. The number of nitrogens with one attached hydrogen (secondary N) is 1. The summed E-state index contributed by atoms with van der Waals surface area (Å²) in [5.41, 5.74) is 16.3. The third-order valence-corrected chi connectivity index (χ3v) is 25.3. The second-order valence-electron chi connectivity index (χ2n) is 27.2. The highest BCUT2D eigenvalue weighted by Crippen LogP contribution is 2.48. The smallest absolute Gasteiger partial charge is 0.347 e. The van der Waals surface area contributed by atoms with E-state index in [1.54, 1.807) is 53.4 Å². The van der Waals surface area contributed by atoms with Crippen molar-refractivity contribution < 1.29 is 47.6 Å². The van der Waals surface area contributed by atoms with Gasteiger partial charge in [0.1, 0.15) is 27.4 Å². The van der Waals surface area contributed by atoms with Crippen molar-refractivity contribution in [2.24, 2.45) is 4.99 Å². The third-order valence-electron chi connectivity index (χ3n) is 17.8. The topological polar surface area (TPSA) is 208 Å². The molecular weight excluding hydrogens is 1450 g/mol. The van der Waals surface area contributed by atoms with E-state index in [1.807, 2.05) is 134 Å². The van der Waals surface area contributed by atoms with Gasteiger partial charge in [-0.1, -0.05) is 153 Å². The Morgan fingerprint density at radius 3 is 2.05 bits per heavy atom. The Balaban J connectivity index is 0.000000131. The van der Waals surface area contributed by atoms with E-state index < -0.39 is 19.9 Å². The fourth-order valence-electron chi connectivity index (χ4n) is 11.0. The molecule has 2 aliphatic rings. The summed E-state index contributed by atoms with van der Waals surface area (Å²) in [7, 11) is 0.922. The number of para-hydroxylation sites is 2. The number of ether oxygens (including phenoxy) is 3. The van der Waals surface area contributed by atoms with Crippen LogP contribution in [0.1, 0.15) is 78.9 Å². The highest BCUT2D eigenvalue weighted by Gasteiger charge is 2.40. The Morgan fingerprint density at radius 2 is 1.36 bits per heavy atom. The number of aromatic nitrogens is 2. The minimum atomic E-state index is -2.07. The number of aliphatic carboxylic acids is 1. The lowest BCUT2D eigenvalue weighted by Gasteiger charge is -2.37. The van der Waals surface area contributed by atoms with E-state index in [0.717, 1.165) is 92.9 Å². The second kappa shape index (κ2) is 31.8. The molecule has 13 aromatic rings. The number of carboxylic acid groups (broad SMARTS) is 1. The van der Waals surface area contributed by atoms with Crippen molar-refractivity contribution in [3.8, 4) is 67.6 Å². The molecule has 0 fully saturated rings. The molecule has 20 heteroatoms. The lowest BCUT2D eigenvalue weighted by molar-refractivity contribution is -0.152. The molecule has 0 spiro atoms. The first-order valence-corrected chi connectivity index (χ1v) is 39.3. The van der Waals surface area contributed by atoms with E-state index in [4.69, 9.17) is 44.1 Å². The number of nitrogens with zero attached hydrogens (tertiary/aromatic N) is 3. The van der Waals surface area contributed by atoms with Gasteiger partial charge >= 0.3 is 11.6 Å². The summed E-state index contributed by atoms with van der Waals surface area (Å²) in [4.78, 5) is 38.5. The molecule has 0 saturated heterocycles. The fourth-order valence-corrected chi connectivity index (χ4v) is 14.6. The molecule has 0 amide bonds. The molecule has 3 aromatic heterocycles. The van der Waals surface area contributed by atoms with Gasteiger partial charge in [-0.2, -0.15) is 0 Å². The van der Waals surface area contributed by atoms with Crippen LogP contribution >= 0.6 is 50.6 Å². The second-order valence-corrected chi connectivity index (χ2v) is 35.4. The minimum Gasteiger partial charge on any atom is -0.541 e. The standard InChI is InChI=1S/C22H26O3Si.C19H19NO3.C15H12ClNO3S.C14H12BrNOS.C14H11NO/c1-15-12-13-17-18(16-10-8-7-9-11-16)14-19(23)24-21(17)20(15)25-26(5,6)22(2,3)4;1-12-7-8-14-11-17(20-16(14)9-12)13-5-4-6-15(10-13)23-19(2,3)18(21)22;1-19-11-5-8(6-12(20-2)14(11)18)15-17-10-7-9(16)3-4-13(10)21-15;1-8-2-5-13-11(6-8)16-14(18-13)9-3-4-12(17)10(15)7-9;1-10-6-8-11(9-7-10)14-15-12-4-2-3-5-13(12)16-14/h7-14H,1-6H3;4-10H,11H2,1-3H3,(H,21,22);3-7,18H,1-2H3;2-7,14,16-17H,1H3;2-9H,1H3. The van der Waals surface area contributed by atoms with Crippen molar-refractivity contribution >= 4 is 114 Å². The number of hydrogen-bond donors (Lipinski definition) is 4. The zero-order chi connectivity index (χ0) is 74.4. The number of thioether (sulfide) groups is 1. The van der Waals surface area contributed by atoms with Crippen molar-refractivity contribution in [3.63, 3.8) is 0 Å². The Labute approximate surface area is 627 Å². The molecular formula is C84H80BrClN4O11S2Si. The van der Waals surface area contributed by atoms with Crippen LogP contribution in [0.5, 0.6) is 34.5 Å². The number of rotatable bonds is 12. The molecule has 104 heavy (non-hydrogen) atoms. The Bertz CT molecular complexity index is 5340. The molecule has 0 aliphatic carbocycles. The van der Waals surface area contributed by atoms with Crippen molar-refractivity contribution in [1.82, 2.24) is 9.97 Å². The van der Waals surface area contributed by atoms with Gasteiger partial charge in [-0.05, 0) is 217 Å². The van der Waals surface area contributed by atoms with Crippen molar-refractivity contribution in [2.45, 2.75) is 103 Å². The summed E-state index contributed by atoms with van der Waals surface area (Å²) in [5, 5.41) is 34.8. The van der Waals surface area contributed by atoms with Crippen LogP contribution < -0.4 is 29.6 Å². The number of phenolic OH excluding ortho intramolecular Hbond substituents is 2. The molecule has 0 saturated carbocycles. The number of fused-ring (bicyclic) bond motifs is 5. The van der Waals surface area contributed by atoms with Gasteiger partial charge in [0.2, 0.25) is 11.6 Å². The van der Waals surface area contributed by atoms with E-state index in [-0.39, 0.29) is 27.5 Å². The minimum absolute atomic E-state index is 0.0205. The lowest BCUT2D eigenvalue weighted by atomic mass is 10.0. The number of aryl methyl sites for hydroxylation is 4. The highest BCUT2D eigenvalue weighted by molar-refractivity contribution is 9.10. The quantitative estimate of drug-likeness (QED) is 0.0663. The largest absolute Gasteiger partial charge is 0.541 e. The molecule has 10 aromatic carbocycles. The number of aromatic hydroxyl groups is 2. The monoisotopic (exact) mass is 1530 g/mol. The van der Waals surface area contributed by atoms with Crippen molar-refractivity contribution in [2.75, 3.05) is 19.5 Å². The SMILES string of the molecule is COc1cc(-c2nc3cc(Cl)ccc3s2)cc(OC)c1O.Cc1ccc(-c2nc3ccccc3o2)cc1.Cc1ccc2c(-c3ccccc3)cc(=O)oc2c1O[Si](C)(C)C(C)(C)C.Cc1ccc2c(c1)N=C(c1cccc(OC(C)(C)C(=O)O)c1)C2.Cc1ccc2c(c1)NC(c1ccc(O)c(Br)c1)S2. The van der Waals surface area contributed by atoms with Crippen LogP contribution in [0.15, 0.2) is 234 Å². The first-order valence-electron chi connectivity index (χ1n) is 33.5. The van der Waals surface area contributed by atoms with Crippen molar-refractivity contribution in [1.29, 1.82) is 0 Å². The number of anilines is 1. The summed E-state index contributed by atoms with van der Waals surface area (Å²) in [5.74, 6) is 1.87. The van der Waals surface area contributed by atoms with E-state index in [2.05, 4.69) is 134 Å². The number of benzene rings is 10. The molecule has 15 nitrogen and oxygen atoms in total. The molecule has 0 radical (unpaired) electrons. The number of methoxy groups -OCH3 is 2. The van der Waals surface area contributed by atoms with Gasteiger partial charge in [-0.3, -0.25) is 4.99 Å². The Morgan fingerprint density at radius 1 is 0.673 bits per heavy atom. The summed E-state index contributed by atoms with van der Waals surface area (Å²) < 4.78 is 35.6. The predicted molar refractivity (Wildman–Crippen MR) is 429 cm³/mol. The van der Waals surface area contributed by atoms with Gasteiger partial charge in [-0.25, -0.2) is 19.6 Å². The zero-order valence-corrected chi connectivity index (χ0v) is 64.9. The number of oxazole rings is 1. The molecule has 2 aliphatic heterocycles. The maximum absolute atomic E-state index is 12.3. The van der Waals surface area contributed by atoms with Gasteiger partial charge in [-0.15, -0.1) is 11.3 Å². The number of thiazole rings is 1. The van der Waals surface area contributed by atoms with Gasteiger partial charge in [0.05, 0.1) is 40.3 Å². The summed E-state index contributed by atoms with van der Waals surface area (Å²) >= 11 is 12.7. The number of aliphatic imine (C=N–C) groups is 1. The average Bonchev–Trinajstić information content (AvgIpc) is 1.24. The maximum Gasteiger partial charge on any atom is 0.347 e. The first kappa shape index (κ1) is 75.0. The summed E-state index contributed by atoms with van der Waals surface area (Å²) in [6, 6.07) is 66.3. The maximum atomic E-state index is 12.3. The normalized spacial score (nSPS) is 12.9. The number of halogens is 2. The molecule has 532 valence electrons. The number of phenols is 2. The zero-order valence-electron chi connectivity index (χ0n) is 59.9.